The van der Waals surface area contributed by atoms with Gasteiger partial charge in [-0.15, -0.1) is 0 Å². The molecule has 1 unspecified atom stereocenters. The van der Waals surface area contributed by atoms with Gasteiger partial charge in [0.25, 0.3) is 0 Å². The zero-order valence-electron chi connectivity index (χ0n) is 11.7. The van der Waals surface area contributed by atoms with Crippen molar-refractivity contribution in [2.24, 2.45) is 0 Å². The van der Waals surface area contributed by atoms with Gasteiger partial charge >= 0.3 is 0 Å². The molecule has 0 aliphatic carbocycles. The molecular formula is C16H18BrClN2. The van der Waals surface area contributed by atoms with Crippen molar-refractivity contribution in [3.63, 3.8) is 0 Å². The average Bonchev–Trinajstić information content (AvgIpc) is 2.44. The van der Waals surface area contributed by atoms with Gasteiger partial charge < -0.3 is 5.32 Å². The normalized spacial score (nSPS) is 12.4. The Bertz CT molecular complexity index is 586. The largest absolute Gasteiger partial charge is 0.310 e. The molecule has 0 bridgehead atoms. The van der Waals surface area contributed by atoms with Crippen LogP contribution in [0.2, 0.25) is 5.02 Å². The highest BCUT2D eigenvalue weighted by molar-refractivity contribution is 9.10. The molecule has 1 heterocycles. The highest BCUT2D eigenvalue weighted by atomic mass is 79.9. The van der Waals surface area contributed by atoms with Gasteiger partial charge in [0, 0.05) is 28.8 Å². The summed E-state index contributed by atoms with van der Waals surface area (Å²) in [5.74, 6) is 0. The van der Waals surface area contributed by atoms with Crippen LogP contribution in [-0.2, 0) is 6.42 Å². The van der Waals surface area contributed by atoms with Crippen LogP contribution < -0.4 is 5.32 Å². The van der Waals surface area contributed by atoms with Crippen LogP contribution >= 0.6 is 27.5 Å². The summed E-state index contributed by atoms with van der Waals surface area (Å²) in [6.07, 6.45) is 2.72. The Morgan fingerprint density at radius 1 is 1.35 bits per heavy atom. The Hall–Kier alpha value is -0.900. The third-order valence-electron chi connectivity index (χ3n) is 3.31. The number of aromatic nitrogens is 1. The standard InChI is InChI=1S/C16H18BrClN2/c1-3-19-16(10-15-11(2)5-4-8-20-15)12-6-7-14(18)13(17)9-12/h4-9,16,19H,3,10H2,1-2H3. The lowest BCUT2D eigenvalue weighted by atomic mass is 9.99. The third kappa shape index (κ3) is 3.81. The molecule has 4 heteroatoms. The molecule has 0 radical (unpaired) electrons. The van der Waals surface area contributed by atoms with Crippen LogP contribution in [0.15, 0.2) is 41.0 Å². The first kappa shape index (κ1) is 15.5. The predicted octanol–water partition coefficient (Wildman–Crippen LogP) is 4.70. The van der Waals surface area contributed by atoms with E-state index in [-0.39, 0.29) is 6.04 Å². The van der Waals surface area contributed by atoms with Crippen LogP contribution in [-0.4, -0.2) is 11.5 Å². The molecule has 2 aromatic rings. The van der Waals surface area contributed by atoms with Crippen molar-refractivity contribution in [2.45, 2.75) is 26.3 Å². The van der Waals surface area contributed by atoms with Gasteiger partial charge in [0.1, 0.15) is 0 Å². The van der Waals surface area contributed by atoms with Gasteiger partial charge in [-0.05, 0) is 58.7 Å². The highest BCUT2D eigenvalue weighted by Gasteiger charge is 2.14. The molecule has 1 N–H and O–H groups in total. The van der Waals surface area contributed by atoms with Crippen LogP contribution in [0.4, 0.5) is 0 Å². The molecule has 0 amide bonds. The van der Waals surface area contributed by atoms with E-state index in [2.05, 4.69) is 58.3 Å². The minimum absolute atomic E-state index is 0.238. The molecule has 0 fully saturated rings. The quantitative estimate of drug-likeness (QED) is 0.843. The minimum Gasteiger partial charge on any atom is -0.310 e. The van der Waals surface area contributed by atoms with Gasteiger partial charge in [0.2, 0.25) is 0 Å². The van der Waals surface area contributed by atoms with Crippen molar-refractivity contribution < 1.29 is 0 Å². The Labute approximate surface area is 133 Å². The summed E-state index contributed by atoms with van der Waals surface area (Å²) in [6, 6.07) is 10.4. The summed E-state index contributed by atoms with van der Waals surface area (Å²) in [5, 5.41) is 4.25. The number of hydrogen-bond acceptors (Lipinski definition) is 2. The number of nitrogens with one attached hydrogen (secondary N) is 1. The first-order valence-electron chi connectivity index (χ1n) is 6.70. The molecule has 2 nitrogen and oxygen atoms in total. The number of halogens is 2. The summed E-state index contributed by atoms with van der Waals surface area (Å²) >= 11 is 9.56. The van der Waals surface area contributed by atoms with E-state index in [4.69, 9.17) is 11.6 Å². The van der Waals surface area contributed by atoms with Crippen molar-refractivity contribution in [1.29, 1.82) is 0 Å². The zero-order valence-corrected chi connectivity index (χ0v) is 14.0. The number of rotatable bonds is 5. The molecule has 1 aromatic heterocycles. The van der Waals surface area contributed by atoms with E-state index in [1.54, 1.807) is 0 Å². The summed E-state index contributed by atoms with van der Waals surface area (Å²) < 4.78 is 0.928. The van der Waals surface area contributed by atoms with Crippen LogP contribution in [0.3, 0.4) is 0 Å². The zero-order chi connectivity index (χ0) is 14.5. The van der Waals surface area contributed by atoms with Gasteiger partial charge in [0.05, 0.1) is 5.02 Å². The van der Waals surface area contributed by atoms with Gasteiger partial charge in [0.15, 0.2) is 0 Å². The number of pyridine rings is 1. The molecule has 0 spiro atoms. The van der Waals surface area contributed by atoms with E-state index >= 15 is 0 Å². The Kier molecular flexibility index (Phi) is 5.58. The van der Waals surface area contributed by atoms with Crippen molar-refractivity contribution in [3.8, 4) is 0 Å². The Morgan fingerprint density at radius 2 is 2.15 bits per heavy atom. The first-order valence-corrected chi connectivity index (χ1v) is 7.87. The molecule has 1 atom stereocenters. The number of nitrogens with zero attached hydrogens (tertiary/aromatic N) is 1. The van der Waals surface area contributed by atoms with Crippen molar-refractivity contribution >= 4 is 27.5 Å². The molecule has 0 aliphatic heterocycles. The molecule has 1 aromatic carbocycles. The monoisotopic (exact) mass is 352 g/mol. The Balaban J connectivity index is 2.27. The molecule has 0 aliphatic rings. The number of hydrogen-bond donors (Lipinski definition) is 1. The fourth-order valence-corrected chi connectivity index (χ4v) is 2.72. The molecule has 20 heavy (non-hydrogen) atoms. The lowest BCUT2D eigenvalue weighted by Crippen LogP contribution is -2.23. The molecular weight excluding hydrogens is 336 g/mol. The van der Waals surface area contributed by atoms with Crippen LogP contribution in [0, 0.1) is 6.92 Å². The highest BCUT2D eigenvalue weighted by Crippen LogP contribution is 2.27. The summed E-state index contributed by atoms with van der Waals surface area (Å²) in [5.41, 5.74) is 3.57. The maximum atomic E-state index is 6.07. The van der Waals surface area contributed by atoms with E-state index in [1.807, 2.05) is 18.3 Å². The molecule has 106 valence electrons. The summed E-state index contributed by atoms with van der Waals surface area (Å²) in [7, 11) is 0. The topological polar surface area (TPSA) is 24.9 Å². The molecule has 0 saturated heterocycles. The van der Waals surface area contributed by atoms with Gasteiger partial charge in [-0.1, -0.05) is 30.7 Å². The van der Waals surface area contributed by atoms with Crippen molar-refractivity contribution in [3.05, 3.63) is 62.8 Å². The van der Waals surface area contributed by atoms with Crippen molar-refractivity contribution in [2.75, 3.05) is 6.54 Å². The number of aryl methyl sites for hydroxylation is 1. The van der Waals surface area contributed by atoms with Gasteiger partial charge in [-0.25, -0.2) is 0 Å². The lowest BCUT2D eigenvalue weighted by Gasteiger charge is -2.19. The fraction of sp³-hybridized carbons (Fsp3) is 0.312. The predicted molar refractivity (Wildman–Crippen MR) is 88.2 cm³/mol. The van der Waals surface area contributed by atoms with E-state index in [0.29, 0.717) is 0 Å². The summed E-state index contributed by atoms with van der Waals surface area (Å²) in [6.45, 7) is 5.13. The maximum absolute atomic E-state index is 6.07. The second-order valence-corrected chi connectivity index (χ2v) is 6.02. The van der Waals surface area contributed by atoms with E-state index < -0.39 is 0 Å². The second-order valence-electron chi connectivity index (χ2n) is 4.75. The second kappa shape index (κ2) is 7.21. The van der Waals surface area contributed by atoms with Crippen molar-refractivity contribution in [1.82, 2.24) is 10.3 Å². The number of likely N-dealkylation sites (N-methyl/N-ethyl adjacent to an activating group) is 1. The van der Waals surface area contributed by atoms with E-state index in [0.717, 1.165) is 28.2 Å². The third-order valence-corrected chi connectivity index (χ3v) is 4.53. The number of benzene rings is 1. The van der Waals surface area contributed by atoms with Crippen LogP contribution in [0.25, 0.3) is 0 Å². The van der Waals surface area contributed by atoms with Crippen LogP contribution in [0.1, 0.15) is 29.8 Å². The van der Waals surface area contributed by atoms with Gasteiger partial charge in [-0.2, -0.15) is 0 Å². The average molecular weight is 354 g/mol. The maximum Gasteiger partial charge on any atom is 0.0548 e. The SMILES string of the molecule is CCNC(Cc1ncccc1C)c1ccc(Cl)c(Br)c1. The Morgan fingerprint density at radius 3 is 2.80 bits per heavy atom. The van der Waals surface area contributed by atoms with Crippen LogP contribution in [0.5, 0.6) is 0 Å². The fourth-order valence-electron chi connectivity index (χ4n) is 2.21. The van der Waals surface area contributed by atoms with E-state index in [9.17, 15) is 0 Å². The molecule has 0 saturated carbocycles. The van der Waals surface area contributed by atoms with E-state index in [1.165, 1.54) is 11.1 Å². The minimum atomic E-state index is 0.238. The lowest BCUT2D eigenvalue weighted by molar-refractivity contribution is 0.542. The molecule has 2 rings (SSSR count). The first-order chi connectivity index (χ1) is 9.61. The van der Waals surface area contributed by atoms with Gasteiger partial charge in [-0.3, -0.25) is 4.98 Å². The summed E-state index contributed by atoms with van der Waals surface area (Å²) in [4.78, 5) is 4.49. The smallest absolute Gasteiger partial charge is 0.0548 e.